The molecule has 31 nitrogen and oxygen atoms in total. The highest BCUT2D eigenvalue weighted by Gasteiger charge is 2.19. The maximum Gasteiger partial charge on any atom is 0.319 e. The summed E-state index contributed by atoms with van der Waals surface area (Å²) in [5.41, 5.74) is 7.61. The number of rotatable bonds is 0. The van der Waals surface area contributed by atoms with Crippen molar-refractivity contribution in [2.24, 2.45) is 45.5 Å². The summed E-state index contributed by atoms with van der Waals surface area (Å²) in [6.07, 6.45) is 14.9. The molecule has 102 heavy (non-hydrogen) atoms. The van der Waals surface area contributed by atoms with Gasteiger partial charge in [-0.3, -0.25) is 18.7 Å². The molecule has 558 valence electrons. The van der Waals surface area contributed by atoms with Crippen molar-refractivity contribution in [3.05, 3.63) is 189 Å². The Morgan fingerprint density at radius 3 is 1.28 bits per heavy atom. The number of aryl methyl sites for hydroxylation is 28. The van der Waals surface area contributed by atoms with Gasteiger partial charge in [0.2, 0.25) is 23.8 Å². The first-order valence-corrected chi connectivity index (χ1v) is 34.7. The molecule has 0 saturated carbocycles. The van der Waals surface area contributed by atoms with Gasteiger partial charge >= 0.3 is 5.84 Å². The topological polar surface area (TPSA) is 350 Å². The van der Waals surface area contributed by atoms with Crippen LogP contribution in [0.2, 0.25) is 0 Å². The minimum atomic E-state index is 0. The Bertz CT molecular complexity index is 3370. The molecule has 14 rings (SSSR count). The molecular formula is C67H108N27O4S4+. The van der Waals surface area contributed by atoms with Gasteiger partial charge in [0.15, 0.2) is 17.6 Å². The number of imidazole rings is 1. The van der Waals surface area contributed by atoms with Gasteiger partial charge in [0.25, 0.3) is 0 Å². The summed E-state index contributed by atoms with van der Waals surface area (Å²) in [5.74, 6) is 8.57. The predicted molar refractivity (Wildman–Crippen MR) is 404 cm³/mol. The Morgan fingerprint density at radius 2 is 1.15 bits per heavy atom. The Labute approximate surface area is 617 Å². The molecule has 1 atom stereocenters. The molecular weight excluding hydrogens is 1380 g/mol. The normalized spacial score (nSPS) is 10.8. The van der Waals surface area contributed by atoms with E-state index in [0.29, 0.717) is 23.5 Å². The van der Waals surface area contributed by atoms with Crippen molar-refractivity contribution in [2.45, 2.75) is 187 Å². The molecule has 35 heteroatoms. The van der Waals surface area contributed by atoms with Crippen molar-refractivity contribution in [1.29, 1.82) is 0 Å². The largest absolute Gasteiger partial charge is 0.449 e. The maximum atomic E-state index is 4.97. The summed E-state index contributed by atoms with van der Waals surface area (Å²) in [6, 6.07) is 2.06. The zero-order valence-corrected chi connectivity index (χ0v) is 68.0. The molecule has 0 radical (unpaired) electrons. The van der Waals surface area contributed by atoms with Crippen molar-refractivity contribution in [1.82, 2.24) is 119 Å². The average molecular weight is 1480 g/mol. The van der Waals surface area contributed by atoms with Crippen molar-refractivity contribution in [3.63, 3.8) is 0 Å². The Morgan fingerprint density at radius 1 is 0.500 bits per heavy atom. The van der Waals surface area contributed by atoms with Crippen molar-refractivity contribution in [3.8, 4) is 0 Å². The fourth-order valence-corrected chi connectivity index (χ4v) is 9.30. The molecule has 0 aromatic carbocycles. The van der Waals surface area contributed by atoms with Gasteiger partial charge < -0.3 is 22.3 Å². The number of hydrogen-bond donors (Lipinski definition) is 0. The van der Waals surface area contributed by atoms with E-state index in [1.54, 1.807) is 94.5 Å². The minimum absolute atomic E-state index is 0. The zero-order chi connectivity index (χ0) is 76.5. The van der Waals surface area contributed by atoms with Crippen LogP contribution in [-0.2, 0) is 35.2 Å². The molecule has 0 aliphatic carbocycles. The van der Waals surface area contributed by atoms with Gasteiger partial charge in [-0.05, 0) is 153 Å². The van der Waals surface area contributed by atoms with Crippen molar-refractivity contribution >= 4 is 51.4 Å². The second kappa shape index (κ2) is 49.7. The zero-order valence-electron chi connectivity index (χ0n) is 64.7. The van der Waals surface area contributed by atoms with Gasteiger partial charge in [0.1, 0.15) is 44.5 Å². The van der Waals surface area contributed by atoms with Crippen LogP contribution < -0.4 is 0 Å². The van der Waals surface area contributed by atoms with Gasteiger partial charge in [-0.2, -0.15) is 24.7 Å². The smallest absolute Gasteiger partial charge is 0.319 e. The van der Waals surface area contributed by atoms with Crippen LogP contribution in [0.3, 0.4) is 0 Å². The summed E-state index contributed by atoms with van der Waals surface area (Å²) < 4.78 is 34.3. The lowest BCUT2D eigenvalue weighted by Gasteiger charge is -1.93. The van der Waals surface area contributed by atoms with Crippen LogP contribution in [0.15, 0.2) is 89.2 Å². The quantitative estimate of drug-likeness (QED) is 0.127. The van der Waals surface area contributed by atoms with Crippen LogP contribution in [-0.4, -0.2) is 142 Å². The molecule has 1 aliphatic heterocycles. The third-order valence-corrected chi connectivity index (χ3v) is 14.8. The predicted octanol–water partition coefficient (Wildman–Crippen LogP) is 14.3. The lowest BCUT2D eigenvalue weighted by molar-refractivity contribution is -0.527. The van der Waals surface area contributed by atoms with Gasteiger partial charge in [0, 0.05) is 130 Å². The number of oxazole rings is 2. The highest BCUT2D eigenvalue weighted by molar-refractivity contribution is 7.11. The van der Waals surface area contributed by atoms with Crippen molar-refractivity contribution in [2.75, 3.05) is 7.05 Å². The molecule has 13 aromatic heterocycles. The molecule has 0 bridgehead atoms. The molecule has 0 saturated heterocycles. The van der Waals surface area contributed by atoms with Crippen LogP contribution in [0.4, 0.5) is 0 Å². The fraction of sp³-hybridized carbons (Fsp3) is 0.493. The van der Waals surface area contributed by atoms with E-state index in [4.69, 9.17) is 13.3 Å². The molecule has 14 heterocycles. The average Bonchev–Trinajstić information content (AvgIpc) is 1.79. The van der Waals surface area contributed by atoms with Crippen LogP contribution in [0, 0.1) is 159 Å². The van der Waals surface area contributed by atoms with Crippen LogP contribution in [0.5, 0.6) is 0 Å². The molecule has 13 aromatic rings. The SMILES string of the molecule is C.CC1=[N+](C)C(C)N=N1.Cc1cc(C)n(C)n1.Cc1cn(C)cn1.Cc1cn(C)nn1.Cc1cnc(C)o1.Cc1cnc(C)s1.Cc1cnn(C)c1.Cc1coc(C)n1.Cc1csc(C)n1.Cc1nc(C)n(C)n1.Cc1nnc(C)o1.Cc1nnc(C)s1.Cc1noc(C)n1.Cc1nsc(C)n1. The number of thiazole rings is 2. The molecule has 0 spiro atoms. The Balaban J connectivity index is 0.00000108. The lowest BCUT2D eigenvalue weighted by atomic mass is 10.4. The first-order chi connectivity index (χ1) is 47.3. The molecule has 0 amide bonds. The van der Waals surface area contributed by atoms with Crippen molar-refractivity contribution < 1.29 is 22.4 Å². The molecule has 0 N–H and O–H groups in total. The summed E-state index contributed by atoms with van der Waals surface area (Å²) in [4.78, 5) is 33.1. The van der Waals surface area contributed by atoms with E-state index < -0.39 is 0 Å². The molecule has 1 unspecified atom stereocenters. The first kappa shape index (κ1) is 92.3. The van der Waals surface area contributed by atoms with E-state index in [-0.39, 0.29) is 13.6 Å². The number of amidine groups is 1. The number of aromatic nitrogens is 24. The maximum absolute atomic E-state index is 4.97. The van der Waals surface area contributed by atoms with Gasteiger partial charge in [-0.15, -0.1) is 59.5 Å². The summed E-state index contributed by atoms with van der Waals surface area (Å²) in [6.45, 7) is 48.0. The van der Waals surface area contributed by atoms with E-state index in [9.17, 15) is 0 Å². The third-order valence-electron chi connectivity index (χ3n) is 11.6. The number of nitrogens with zero attached hydrogens (tertiary/aromatic N) is 27. The van der Waals surface area contributed by atoms with Crippen LogP contribution in [0.25, 0.3) is 0 Å². The second-order valence-corrected chi connectivity index (χ2v) is 27.0. The summed E-state index contributed by atoms with van der Waals surface area (Å²) in [5, 5.41) is 53.0. The Hall–Kier alpha value is -9.74. The van der Waals surface area contributed by atoms with Gasteiger partial charge in [0.05, 0.1) is 63.7 Å². The van der Waals surface area contributed by atoms with Gasteiger partial charge in [-0.25, -0.2) is 39.5 Å². The highest BCUT2D eigenvalue weighted by atomic mass is 32.1. The second-order valence-electron chi connectivity index (χ2n) is 22.2. The summed E-state index contributed by atoms with van der Waals surface area (Å²) in [7, 11) is 11.5. The number of hydrogen-bond acceptors (Lipinski definition) is 29. The fourth-order valence-electron chi connectivity index (χ4n) is 6.96. The summed E-state index contributed by atoms with van der Waals surface area (Å²) >= 11 is 6.49. The molecule has 0 fully saturated rings. The van der Waals surface area contributed by atoms with Crippen LogP contribution in [0.1, 0.15) is 149 Å². The number of azo groups is 1. The van der Waals surface area contributed by atoms with E-state index in [0.717, 1.165) is 94.4 Å². The third kappa shape index (κ3) is 45.1. The Kier molecular flexibility index (Phi) is 45.0. The highest BCUT2D eigenvalue weighted by Crippen LogP contribution is 2.09. The van der Waals surface area contributed by atoms with E-state index in [1.807, 2.05) is 226 Å². The standard InChI is InChI=1S/C6H10N2.C5H10N3.C5H9N3.2C5H8N2.2C5H7NO.2C5H7NS.C4H7N3.2C4H6N2O.2C4H6N2S.CH4/c1-5-4-6(2)8(3)7-5;1-4-6-7-5(2)8(4)3;1-4-6-5(2)8(3)7-4;1-5-3-7(2)4-6-5;1-5-3-6-7(2)4-5;1-4-3-7-5(2)6-4;1-4-3-6-5(2)7-4;1-4-3-7-5(2)6-4;1-4-3-6-5(2)7-4;1-4-3-7(2)6-5-4;1-3-5-6-4(2)7-3;1-3-5-4(2)7-6-3;1-3-5-6-4(2)7-3;1-3-5-4(2)7-6-3;/h2*4H,1-3H3;1-3H3;2*3-4H,1-2H3;5*3H,1-2H3;4*1-2H3;1H4/q;+1;;;;;;;;;;;;;. The van der Waals surface area contributed by atoms with E-state index >= 15 is 0 Å². The van der Waals surface area contributed by atoms with E-state index in [2.05, 4.69) is 129 Å². The molecule has 1 aliphatic rings. The first-order valence-electron chi connectivity index (χ1n) is 31.4. The van der Waals surface area contributed by atoms with E-state index in [1.165, 1.54) is 27.7 Å². The monoisotopic (exact) mass is 1480 g/mol. The van der Waals surface area contributed by atoms with Crippen LogP contribution >= 0.6 is 45.5 Å². The lowest BCUT2D eigenvalue weighted by Crippen LogP contribution is -2.15. The minimum Gasteiger partial charge on any atom is -0.449 e. The van der Waals surface area contributed by atoms with Gasteiger partial charge in [-0.1, -0.05) is 17.8 Å².